The van der Waals surface area contributed by atoms with Crippen molar-refractivity contribution in [3.8, 4) is 0 Å². The zero-order chi connectivity index (χ0) is 15.2. The zero-order valence-corrected chi connectivity index (χ0v) is 13.8. The molecule has 3 rings (SSSR count). The third-order valence-electron chi connectivity index (χ3n) is 4.39. The van der Waals surface area contributed by atoms with Gasteiger partial charge in [-0.1, -0.05) is 36.8 Å². The first-order valence-corrected chi connectivity index (χ1v) is 8.66. The number of rotatable bonds is 3. The van der Waals surface area contributed by atoms with Gasteiger partial charge in [-0.25, -0.2) is 0 Å². The summed E-state index contributed by atoms with van der Waals surface area (Å²) in [6.07, 6.45) is 6.03. The maximum absolute atomic E-state index is 5.74. The van der Waals surface area contributed by atoms with E-state index in [2.05, 4.69) is 22.3 Å². The summed E-state index contributed by atoms with van der Waals surface area (Å²) in [5.74, 6) is 0. The number of nitrogens with one attached hydrogen (secondary N) is 1. The number of allylic oxidation sites excluding steroid dienone is 1. The van der Waals surface area contributed by atoms with Gasteiger partial charge in [-0.15, -0.1) is 0 Å². The van der Waals surface area contributed by atoms with Crippen molar-refractivity contribution in [3.05, 3.63) is 41.6 Å². The molecule has 1 saturated heterocycles. The molecule has 1 aliphatic carbocycles. The molecule has 0 unspecified atom stereocenters. The summed E-state index contributed by atoms with van der Waals surface area (Å²) in [6, 6.07) is 10.2. The number of hydrogen-bond acceptors (Lipinski definition) is 3. The first-order chi connectivity index (χ1) is 10.8. The molecule has 0 radical (unpaired) electrons. The van der Waals surface area contributed by atoms with Gasteiger partial charge in [-0.05, 0) is 37.8 Å². The predicted octanol–water partition coefficient (Wildman–Crippen LogP) is 3.98. The second-order valence-electron chi connectivity index (χ2n) is 5.91. The van der Waals surface area contributed by atoms with Gasteiger partial charge < -0.3 is 15.0 Å². The lowest BCUT2D eigenvalue weighted by molar-refractivity contribution is 0.0517. The molecule has 1 aromatic rings. The van der Waals surface area contributed by atoms with E-state index in [1.165, 1.54) is 30.5 Å². The van der Waals surface area contributed by atoms with Crippen molar-refractivity contribution in [2.45, 2.75) is 32.1 Å². The monoisotopic (exact) mass is 316 g/mol. The molecule has 0 bridgehead atoms. The molecule has 3 nitrogen and oxygen atoms in total. The quantitative estimate of drug-likeness (QED) is 0.853. The van der Waals surface area contributed by atoms with E-state index in [9.17, 15) is 0 Å². The summed E-state index contributed by atoms with van der Waals surface area (Å²) in [5, 5.41) is 3.42. The fraction of sp³-hybridized carbons (Fsp3) is 0.500. The smallest absolute Gasteiger partial charge is 0.108 e. The Bertz CT molecular complexity index is 535. The van der Waals surface area contributed by atoms with Gasteiger partial charge in [0.25, 0.3) is 0 Å². The summed E-state index contributed by atoms with van der Waals surface area (Å²) in [4.78, 5) is 3.39. The van der Waals surface area contributed by atoms with Crippen molar-refractivity contribution in [2.24, 2.45) is 0 Å². The van der Waals surface area contributed by atoms with Crippen LogP contribution >= 0.6 is 12.2 Å². The normalized spacial score (nSPS) is 19.7. The lowest BCUT2D eigenvalue weighted by Crippen LogP contribution is -2.37. The van der Waals surface area contributed by atoms with Crippen LogP contribution in [0.3, 0.4) is 0 Å². The Morgan fingerprint density at radius 1 is 1.00 bits per heavy atom. The van der Waals surface area contributed by atoms with Gasteiger partial charge in [0.1, 0.15) is 4.99 Å². The molecule has 0 saturated carbocycles. The van der Waals surface area contributed by atoms with Gasteiger partial charge in [0.15, 0.2) is 0 Å². The van der Waals surface area contributed by atoms with Crippen LogP contribution in [0.1, 0.15) is 32.1 Å². The molecule has 0 spiro atoms. The van der Waals surface area contributed by atoms with Crippen LogP contribution in [0, 0.1) is 0 Å². The van der Waals surface area contributed by atoms with Crippen LogP contribution in [-0.4, -0.2) is 36.2 Å². The summed E-state index contributed by atoms with van der Waals surface area (Å²) in [6.45, 7) is 3.64. The number of nitrogens with zero attached hydrogens (tertiary/aromatic N) is 1. The van der Waals surface area contributed by atoms with E-state index < -0.39 is 0 Å². The number of morpholine rings is 1. The van der Waals surface area contributed by atoms with Crippen LogP contribution in [0.4, 0.5) is 5.69 Å². The van der Waals surface area contributed by atoms with Gasteiger partial charge in [0.05, 0.1) is 13.2 Å². The second-order valence-corrected chi connectivity index (χ2v) is 6.31. The molecule has 2 aliphatic rings. The Balaban J connectivity index is 1.81. The van der Waals surface area contributed by atoms with E-state index in [4.69, 9.17) is 17.0 Å². The molecule has 1 aliphatic heterocycles. The molecular formula is C18H24N2OS. The van der Waals surface area contributed by atoms with Gasteiger partial charge in [-0.2, -0.15) is 0 Å². The molecule has 1 heterocycles. The number of thiocarbonyl (C=S) groups is 1. The molecule has 0 amide bonds. The minimum atomic E-state index is 0.829. The topological polar surface area (TPSA) is 24.5 Å². The van der Waals surface area contributed by atoms with Crippen LogP contribution in [0.15, 0.2) is 41.6 Å². The Morgan fingerprint density at radius 2 is 1.73 bits per heavy atom. The van der Waals surface area contributed by atoms with Gasteiger partial charge >= 0.3 is 0 Å². The molecule has 22 heavy (non-hydrogen) atoms. The summed E-state index contributed by atoms with van der Waals surface area (Å²) in [5.41, 5.74) is 3.87. The van der Waals surface area contributed by atoms with Crippen LogP contribution < -0.4 is 5.32 Å². The number of anilines is 1. The molecule has 118 valence electrons. The van der Waals surface area contributed by atoms with Gasteiger partial charge in [-0.3, -0.25) is 0 Å². The fourth-order valence-corrected chi connectivity index (χ4v) is 3.56. The van der Waals surface area contributed by atoms with E-state index >= 15 is 0 Å². The Kier molecular flexibility index (Phi) is 5.46. The fourth-order valence-electron chi connectivity index (χ4n) is 3.22. The Labute approximate surface area is 138 Å². The van der Waals surface area contributed by atoms with E-state index in [0.29, 0.717) is 0 Å². The van der Waals surface area contributed by atoms with Crippen molar-refractivity contribution in [1.29, 1.82) is 0 Å². The minimum absolute atomic E-state index is 0.829. The third-order valence-corrected chi connectivity index (χ3v) is 4.74. The van der Waals surface area contributed by atoms with Crippen molar-refractivity contribution < 1.29 is 4.74 Å². The van der Waals surface area contributed by atoms with E-state index in [1.807, 2.05) is 18.2 Å². The molecule has 0 aromatic heterocycles. The Hall–Kier alpha value is -1.39. The summed E-state index contributed by atoms with van der Waals surface area (Å²) >= 11 is 5.74. The molecule has 1 N–H and O–H groups in total. The summed E-state index contributed by atoms with van der Waals surface area (Å²) in [7, 11) is 0. The number of hydrogen-bond donors (Lipinski definition) is 1. The van der Waals surface area contributed by atoms with Crippen molar-refractivity contribution in [2.75, 3.05) is 31.6 Å². The molecular weight excluding hydrogens is 292 g/mol. The van der Waals surface area contributed by atoms with E-state index in [-0.39, 0.29) is 0 Å². The van der Waals surface area contributed by atoms with Crippen LogP contribution in [0.5, 0.6) is 0 Å². The second kappa shape index (κ2) is 7.75. The van der Waals surface area contributed by atoms with Crippen molar-refractivity contribution in [1.82, 2.24) is 4.90 Å². The maximum Gasteiger partial charge on any atom is 0.108 e. The first kappa shape index (κ1) is 15.5. The highest BCUT2D eigenvalue weighted by Crippen LogP contribution is 2.28. The number of ether oxygens (including phenoxy) is 1. The zero-order valence-electron chi connectivity index (χ0n) is 13.0. The predicted molar refractivity (Wildman–Crippen MR) is 95.2 cm³/mol. The summed E-state index contributed by atoms with van der Waals surface area (Å²) < 4.78 is 5.50. The third kappa shape index (κ3) is 3.87. The molecule has 1 fully saturated rings. The van der Waals surface area contributed by atoms with Crippen LogP contribution in [-0.2, 0) is 4.74 Å². The highest BCUT2D eigenvalue weighted by molar-refractivity contribution is 7.81. The molecule has 1 aromatic carbocycles. The van der Waals surface area contributed by atoms with Gasteiger partial charge in [0, 0.05) is 30.0 Å². The lowest BCUT2D eigenvalue weighted by Gasteiger charge is -2.33. The number of benzene rings is 1. The number of para-hydroxylation sites is 1. The minimum Gasteiger partial charge on any atom is -0.378 e. The van der Waals surface area contributed by atoms with Crippen LogP contribution in [0.25, 0.3) is 0 Å². The van der Waals surface area contributed by atoms with Crippen molar-refractivity contribution >= 4 is 22.9 Å². The molecule has 4 heteroatoms. The average Bonchev–Trinajstić information content (AvgIpc) is 2.82. The van der Waals surface area contributed by atoms with E-state index in [1.54, 1.807) is 0 Å². The average molecular weight is 316 g/mol. The van der Waals surface area contributed by atoms with Crippen LogP contribution in [0.2, 0.25) is 0 Å². The van der Waals surface area contributed by atoms with Crippen molar-refractivity contribution in [3.63, 3.8) is 0 Å². The highest BCUT2D eigenvalue weighted by atomic mass is 32.1. The maximum atomic E-state index is 5.74. The SMILES string of the molecule is S=C(Nc1ccccc1)C1=C(N2CCOCC2)CCCCC1. The molecule has 0 atom stereocenters. The largest absolute Gasteiger partial charge is 0.378 e. The Morgan fingerprint density at radius 3 is 2.50 bits per heavy atom. The highest BCUT2D eigenvalue weighted by Gasteiger charge is 2.21. The standard InChI is InChI=1S/C18H24N2OS/c22-18(19-15-7-3-1-4-8-15)16-9-5-2-6-10-17(16)20-11-13-21-14-12-20/h1,3-4,7-8H,2,5-6,9-14H2,(H,19,22). The van der Waals surface area contributed by atoms with Gasteiger partial charge in [0.2, 0.25) is 0 Å². The first-order valence-electron chi connectivity index (χ1n) is 8.26. The van der Waals surface area contributed by atoms with E-state index in [0.717, 1.165) is 49.8 Å². The lowest BCUT2D eigenvalue weighted by atomic mass is 10.1.